The number of halogens is 2. The smallest absolute Gasteiger partial charge is 0.264 e. The van der Waals surface area contributed by atoms with Crippen molar-refractivity contribution in [3.63, 3.8) is 0 Å². The maximum absolute atomic E-state index is 14.0. The van der Waals surface area contributed by atoms with Crippen LogP contribution in [0.4, 0.5) is 5.69 Å². The number of rotatable bonds is 12. The van der Waals surface area contributed by atoms with E-state index in [0.29, 0.717) is 17.1 Å². The van der Waals surface area contributed by atoms with E-state index in [0.717, 1.165) is 19.9 Å². The molecule has 0 aliphatic carbocycles. The van der Waals surface area contributed by atoms with Gasteiger partial charge >= 0.3 is 0 Å². The minimum absolute atomic E-state index is 0.0687. The fourth-order valence-electron chi connectivity index (χ4n) is 4.00. The standard InChI is InChI=1S/C29H33ClIN3O4S/c1-4-21(3)32-29(36)27(5-2)33(19-22-11-13-23(30)14-12-22)28(35)20-34(25-17-15-24(31)16-18-25)39(37,38)26-9-7-6-8-10-26/h6-18,21,27H,4-5,19-20H2,1-3H3,(H,32,36)/t21-,27-/m0/s1. The number of hydrogen-bond donors (Lipinski definition) is 1. The summed E-state index contributed by atoms with van der Waals surface area (Å²) >= 11 is 8.20. The van der Waals surface area contributed by atoms with Crippen molar-refractivity contribution in [2.24, 2.45) is 0 Å². The van der Waals surface area contributed by atoms with E-state index >= 15 is 0 Å². The van der Waals surface area contributed by atoms with Crippen LogP contribution in [-0.4, -0.2) is 43.8 Å². The number of amides is 2. The summed E-state index contributed by atoms with van der Waals surface area (Å²) < 4.78 is 29.6. The van der Waals surface area contributed by atoms with E-state index in [1.807, 2.05) is 20.8 Å². The lowest BCUT2D eigenvalue weighted by Gasteiger charge is -2.33. The normalized spacial score (nSPS) is 12.8. The van der Waals surface area contributed by atoms with E-state index in [1.54, 1.807) is 66.7 Å². The Morgan fingerprint density at radius 2 is 1.54 bits per heavy atom. The van der Waals surface area contributed by atoms with Gasteiger partial charge in [-0.2, -0.15) is 0 Å². The zero-order valence-corrected chi connectivity index (χ0v) is 25.9. The van der Waals surface area contributed by atoms with Gasteiger partial charge < -0.3 is 10.2 Å². The Kier molecular flexibility index (Phi) is 11.2. The molecule has 3 aromatic rings. The molecule has 208 valence electrons. The molecule has 2 atom stereocenters. The second kappa shape index (κ2) is 14.1. The first-order valence-corrected chi connectivity index (χ1v) is 15.6. The summed E-state index contributed by atoms with van der Waals surface area (Å²) in [5.74, 6) is -0.768. The molecule has 1 N–H and O–H groups in total. The van der Waals surface area contributed by atoms with Gasteiger partial charge in [0.15, 0.2) is 0 Å². The second-order valence-corrected chi connectivity index (χ2v) is 12.7. The molecule has 3 rings (SSSR count). The van der Waals surface area contributed by atoms with Crippen LogP contribution >= 0.6 is 34.2 Å². The molecule has 39 heavy (non-hydrogen) atoms. The van der Waals surface area contributed by atoms with Crippen molar-refractivity contribution in [1.82, 2.24) is 10.2 Å². The summed E-state index contributed by atoms with van der Waals surface area (Å²) in [6, 6.07) is 21.1. The highest BCUT2D eigenvalue weighted by atomic mass is 127. The molecular formula is C29H33ClIN3O4S. The lowest BCUT2D eigenvalue weighted by molar-refractivity contribution is -0.140. The van der Waals surface area contributed by atoms with Crippen molar-refractivity contribution in [2.45, 2.75) is 57.1 Å². The minimum atomic E-state index is -4.08. The van der Waals surface area contributed by atoms with Gasteiger partial charge in [0.1, 0.15) is 12.6 Å². The van der Waals surface area contributed by atoms with Gasteiger partial charge in [-0.1, -0.05) is 55.8 Å². The third kappa shape index (κ3) is 8.18. The topological polar surface area (TPSA) is 86.8 Å². The molecule has 0 radical (unpaired) electrons. The number of sulfonamides is 1. The highest BCUT2D eigenvalue weighted by Crippen LogP contribution is 2.25. The summed E-state index contributed by atoms with van der Waals surface area (Å²) in [7, 11) is -4.08. The fourth-order valence-corrected chi connectivity index (χ4v) is 5.92. The van der Waals surface area contributed by atoms with Crippen LogP contribution in [0.3, 0.4) is 0 Å². The van der Waals surface area contributed by atoms with Crippen LogP contribution in [0.25, 0.3) is 0 Å². The number of nitrogens with zero attached hydrogens (tertiary/aromatic N) is 2. The quantitative estimate of drug-likeness (QED) is 0.243. The molecular weight excluding hydrogens is 649 g/mol. The first-order valence-electron chi connectivity index (χ1n) is 12.7. The van der Waals surface area contributed by atoms with E-state index in [4.69, 9.17) is 11.6 Å². The molecule has 0 saturated heterocycles. The third-order valence-corrected chi connectivity index (χ3v) is 9.14. The average Bonchev–Trinajstić information content (AvgIpc) is 2.93. The Bertz CT molecular complexity index is 1350. The van der Waals surface area contributed by atoms with Gasteiger partial charge in [-0.05, 0) is 96.5 Å². The third-order valence-electron chi connectivity index (χ3n) is 6.38. The summed E-state index contributed by atoms with van der Waals surface area (Å²) in [6.07, 6.45) is 1.10. The van der Waals surface area contributed by atoms with Crippen LogP contribution in [0.5, 0.6) is 0 Å². The first-order chi connectivity index (χ1) is 18.6. The molecule has 0 spiro atoms. The number of nitrogens with one attached hydrogen (secondary N) is 1. The van der Waals surface area contributed by atoms with E-state index < -0.39 is 28.5 Å². The van der Waals surface area contributed by atoms with Gasteiger partial charge in [-0.15, -0.1) is 0 Å². The van der Waals surface area contributed by atoms with Crippen molar-refractivity contribution in [1.29, 1.82) is 0 Å². The van der Waals surface area contributed by atoms with Crippen molar-refractivity contribution < 1.29 is 18.0 Å². The summed E-state index contributed by atoms with van der Waals surface area (Å²) in [5.41, 5.74) is 1.13. The Balaban J connectivity index is 2.03. The molecule has 3 aromatic carbocycles. The fraction of sp³-hybridized carbons (Fsp3) is 0.310. The van der Waals surface area contributed by atoms with Crippen molar-refractivity contribution in [2.75, 3.05) is 10.8 Å². The van der Waals surface area contributed by atoms with Crippen LogP contribution < -0.4 is 9.62 Å². The van der Waals surface area contributed by atoms with Crippen LogP contribution in [0.15, 0.2) is 83.8 Å². The predicted octanol–water partition coefficient (Wildman–Crippen LogP) is 5.86. The molecule has 0 bridgehead atoms. The summed E-state index contributed by atoms with van der Waals surface area (Å²) in [4.78, 5) is 28.8. The molecule has 2 amide bonds. The minimum Gasteiger partial charge on any atom is -0.352 e. The average molecular weight is 682 g/mol. The van der Waals surface area contributed by atoms with E-state index in [9.17, 15) is 18.0 Å². The van der Waals surface area contributed by atoms with Gasteiger partial charge in [-0.25, -0.2) is 8.42 Å². The molecule has 7 nitrogen and oxygen atoms in total. The van der Waals surface area contributed by atoms with Crippen LogP contribution in [0.2, 0.25) is 5.02 Å². The maximum atomic E-state index is 14.0. The second-order valence-electron chi connectivity index (χ2n) is 9.19. The van der Waals surface area contributed by atoms with Gasteiger partial charge in [-0.3, -0.25) is 13.9 Å². The Morgan fingerprint density at radius 3 is 2.10 bits per heavy atom. The molecule has 0 aromatic heterocycles. The van der Waals surface area contributed by atoms with E-state index in [1.165, 1.54) is 17.0 Å². The molecule has 10 heteroatoms. The molecule has 0 heterocycles. The number of carbonyl (C=O) groups is 2. The van der Waals surface area contributed by atoms with Gasteiger partial charge in [0.05, 0.1) is 10.6 Å². The van der Waals surface area contributed by atoms with Gasteiger partial charge in [0.25, 0.3) is 10.0 Å². The van der Waals surface area contributed by atoms with Gasteiger partial charge in [0.2, 0.25) is 11.8 Å². The largest absolute Gasteiger partial charge is 0.352 e. The maximum Gasteiger partial charge on any atom is 0.264 e. The van der Waals surface area contributed by atoms with E-state index in [2.05, 4.69) is 27.9 Å². The number of anilines is 1. The zero-order chi connectivity index (χ0) is 28.6. The molecule has 0 aliphatic heterocycles. The molecule has 0 aliphatic rings. The van der Waals surface area contributed by atoms with Crippen LogP contribution in [-0.2, 0) is 26.2 Å². The summed E-state index contributed by atoms with van der Waals surface area (Å²) in [5, 5.41) is 3.52. The Labute approximate surface area is 249 Å². The SMILES string of the molecule is CC[C@H](C)NC(=O)[C@H](CC)N(Cc1ccc(Cl)cc1)C(=O)CN(c1ccc(I)cc1)S(=O)(=O)c1ccccc1. The van der Waals surface area contributed by atoms with Crippen LogP contribution in [0, 0.1) is 3.57 Å². The highest BCUT2D eigenvalue weighted by molar-refractivity contribution is 14.1. The van der Waals surface area contributed by atoms with E-state index in [-0.39, 0.29) is 23.4 Å². The van der Waals surface area contributed by atoms with Crippen LogP contribution in [0.1, 0.15) is 39.2 Å². The highest BCUT2D eigenvalue weighted by Gasteiger charge is 2.33. The lowest BCUT2D eigenvalue weighted by Crippen LogP contribution is -2.53. The molecule has 0 unspecified atom stereocenters. The Hall–Kier alpha value is -2.63. The number of carbonyl (C=O) groups excluding carboxylic acids is 2. The number of benzene rings is 3. The monoisotopic (exact) mass is 681 g/mol. The van der Waals surface area contributed by atoms with Crippen molar-refractivity contribution in [3.8, 4) is 0 Å². The zero-order valence-electron chi connectivity index (χ0n) is 22.2. The van der Waals surface area contributed by atoms with Gasteiger partial charge in [0, 0.05) is 21.2 Å². The molecule has 0 saturated carbocycles. The van der Waals surface area contributed by atoms with Crippen molar-refractivity contribution >= 4 is 61.7 Å². The Morgan fingerprint density at radius 1 is 0.923 bits per heavy atom. The van der Waals surface area contributed by atoms with Crippen molar-refractivity contribution in [3.05, 3.63) is 93.0 Å². The lowest BCUT2D eigenvalue weighted by atomic mass is 10.1. The first kappa shape index (κ1) is 30.9. The predicted molar refractivity (Wildman–Crippen MR) is 164 cm³/mol. The number of hydrogen-bond acceptors (Lipinski definition) is 4. The molecule has 0 fully saturated rings. The summed E-state index contributed by atoms with van der Waals surface area (Å²) in [6.45, 7) is 5.35.